The van der Waals surface area contributed by atoms with Crippen molar-refractivity contribution in [2.45, 2.75) is 52.5 Å². The number of aromatic nitrogens is 2. The number of nitrogens with zero attached hydrogens (tertiary/aromatic N) is 3. The molecule has 0 fully saturated rings. The number of carbonyl (C=O) groups is 1. The highest BCUT2D eigenvalue weighted by atomic mass is 32.1. The third-order valence-corrected chi connectivity index (χ3v) is 7.07. The maximum Gasteiger partial charge on any atom is 0.297 e. The molecule has 0 radical (unpaired) electrons. The number of hydrogen-bond donors (Lipinski definition) is 0. The van der Waals surface area contributed by atoms with Gasteiger partial charge < -0.3 is 9.15 Å². The van der Waals surface area contributed by atoms with E-state index in [-0.39, 0.29) is 17.1 Å². The van der Waals surface area contributed by atoms with Crippen molar-refractivity contribution in [3.8, 4) is 5.75 Å². The molecule has 0 bridgehead atoms. The van der Waals surface area contributed by atoms with Crippen LogP contribution < -0.4 is 15.1 Å². The first-order chi connectivity index (χ1) is 17.0. The molecule has 0 aliphatic carbocycles. The van der Waals surface area contributed by atoms with Gasteiger partial charge in [0.1, 0.15) is 16.3 Å². The third kappa shape index (κ3) is 4.23. The van der Waals surface area contributed by atoms with Crippen LogP contribution in [0.1, 0.15) is 71.4 Å². The molecule has 180 valence electrons. The lowest BCUT2D eigenvalue weighted by Gasteiger charge is -2.22. The van der Waals surface area contributed by atoms with Gasteiger partial charge in [-0.2, -0.15) is 0 Å². The van der Waals surface area contributed by atoms with Gasteiger partial charge in [0.25, 0.3) is 5.91 Å². The Balaban J connectivity index is 1.69. The molecule has 5 rings (SSSR count). The molecule has 0 N–H and O–H groups in total. The monoisotopic (exact) mass is 489 g/mol. The number of hydrogen-bond acceptors (Lipinski definition) is 7. The largest absolute Gasteiger partial charge is 0.494 e. The van der Waals surface area contributed by atoms with Gasteiger partial charge in [-0.05, 0) is 49.6 Å². The summed E-state index contributed by atoms with van der Waals surface area (Å²) in [6.07, 6.45) is 3.68. The van der Waals surface area contributed by atoms with Gasteiger partial charge in [-0.3, -0.25) is 14.5 Å². The van der Waals surface area contributed by atoms with E-state index in [1.54, 1.807) is 17.0 Å². The summed E-state index contributed by atoms with van der Waals surface area (Å²) in [7, 11) is 0. The number of fused-ring (bicyclic) bond motifs is 2. The lowest BCUT2D eigenvalue weighted by atomic mass is 9.98. The fraction of sp³-hybridized carbons (Fsp3) is 0.333. The lowest BCUT2D eigenvalue weighted by molar-refractivity contribution is 0.0970. The second-order valence-electron chi connectivity index (χ2n) is 8.75. The zero-order valence-corrected chi connectivity index (χ0v) is 20.9. The Morgan fingerprint density at radius 2 is 1.94 bits per heavy atom. The molecule has 1 unspecified atom stereocenters. The smallest absolute Gasteiger partial charge is 0.297 e. The Labute approximate surface area is 207 Å². The van der Waals surface area contributed by atoms with Crippen molar-refractivity contribution in [1.29, 1.82) is 0 Å². The second-order valence-corrected chi connectivity index (χ2v) is 9.79. The zero-order valence-electron chi connectivity index (χ0n) is 20.0. The van der Waals surface area contributed by atoms with Crippen molar-refractivity contribution in [1.82, 2.24) is 10.2 Å². The van der Waals surface area contributed by atoms with E-state index in [4.69, 9.17) is 9.15 Å². The summed E-state index contributed by atoms with van der Waals surface area (Å²) in [4.78, 5) is 29.0. The van der Waals surface area contributed by atoms with Crippen LogP contribution in [0, 0.1) is 6.92 Å². The maximum absolute atomic E-state index is 13.8. The summed E-state index contributed by atoms with van der Waals surface area (Å²) in [5.41, 5.74) is 2.22. The predicted molar refractivity (Wildman–Crippen MR) is 137 cm³/mol. The number of anilines is 1. The highest BCUT2D eigenvalue weighted by molar-refractivity contribution is 7.15. The van der Waals surface area contributed by atoms with Gasteiger partial charge in [0.2, 0.25) is 10.9 Å². The molecule has 2 aromatic carbocycles. The first-order valence-electron chi connectivity index (χ1n) is 12.0. The highest BCUT2D eigenvalue weighted by Gasteiger charge is 2.45. The summed E-state index contributed by atoms with van der Waals surface area (Å²) in [6.45, 7) is 6.71. The normalized spacial score (nSPS) is 15.1. The number of ether oxygens (including phenoxy) is 1. The number of unbranched alkanes of at least 4 members (excludes halogenated alkanes) is 1. The molecule has 8 heteroatoms. The van der Waals surface area contributed by atoms with E-state index in [0.29, 0.717) is 34.0 Å². The molecule has 1 amide bonds. The Morgan fingerprint density at radius 1 is 1.09 bits per heavy atom. The molecule has 2 aromatic heterocycles. The van der Waals surface area contributed by atoms with Gasteiger partial charge in [0, 0.05) is 6.42 Å². The quantitative estimate of drug-likeness (QED) is 0.289. The van der Waals surface area contributed by atoms with Crippen molar-refractivity contribution in [2.24, 2.45) is 0 Å². The standard InChI is InChI=1S/C27H27N3O4S/c1-4-6-13-33-18-10-7-9-17(15-18)23-22-24(31)19-14-16(3)11-12-20(19)34-25(22)26(32)30(23)27-29-28-21(35-27)8-5-2/h7,9-12,14-15,23H,4-6,8,13H2,1-3H3. The topological polar surface area (TPSA) is 85.5 Å². The van der Waals surface area contributed by atoms with Crippen LogP contribution in [0.4, 0.5) is 5.13 Å². The van der Waals surface area contributed by atoms with Crippen LogP contribution >= 0.6 is 11.3 Å². The van der Waals surface area contributed by atoms with Crippen LogP contribution in [0.25, 0.3) is 11.0 Å². The third-order valence-electron chi connectivity index (χ3n) is 6.09. The summed E-state index contributed by atoms with van der Waals surface area (Å²) < 4.78 is 12.0. The fourth-order valence-corrected chi connectivity index (χ4v) is 5.33. The van der Waals surface area contributed by atoms with E-state index in [1.807, 2.05) is 37.3 Å². The fourth-order valence-electron chi connectivity index (χ4n) is 4.37. The van der Waals surface area contributed by atoms with E-state index >= 15 is 0 Å². The molecule has 0 saturated heterocycles. The van der Waals surface area contributed by atoms with Crippen molar-refractivity contribution in [2.75, 3.05) is 11.5 Å². The van der Waals surface area contributed by atoms with Gasteiger partial charge in [0.15, 0.2) is 5.43 Å². The lowest BCUT2D eigenvalue weighted by Crippen LogP contribution is -2.29. The molecule has 0 saturated carbocycles. The SMILES string of the molecule is CCCCOc1cccc(C2c3c(oc4ccc(C)cc4c3=O)C(=O)N2c2nnc(CCC)s2)c1. The maximum atomic E-state index is 13.8. The zero-order chi connectivity index (χ0) is 24.5. The van der Waals surface area contributed by atoms with Gasteiger partial charge in [-0.1, -0.05) is 55.4 Å². The van der Waals surface area contributed by atoms with Gasteiger partial charge in [-0.25, -0.2) is 0 Å². The molecule has 0 spiro atoms. The number of carbonyl (C=O) groups excluding carboxylic acids is 1. The minimum atomic E-state index is -0.684. The molecular formula is C27H27N3O4S. The molecule has 4 aromatic rings. The van der Waals surface area contributed by atoms with Crippen LogP contribution in [0.5, 0.6) is 5.75 Å². The first-order valence-corrected chi connectivity index (χ1v) is 12.8. The van der Waals surface area contributed by atoms with E-state index < -0.39 is 6.04 Å². The Morgan fingerprint density at radius 3 is 2.74 bits per heavy atom. The second kappa shape index (κ2) is 9.62. The van der Waals surface area contributed by atoms with Crippen molar-refractivity contribution < 1.29 is 13.9 Å². The summed E-state index contributed by atoms with van der Waals surface area (Å²) in [6, 6.07) is 12.3. The number of amides is 1. The molecule has 3 heterocycles. The molecule has 1 atom stereocenters. The number of aryl methyl sites for hydroxylation is 2. The van der Waals surface area contributed by atoms with Gasteiger partial charge in [0.05, 0.1) is 23.6 Å². The average Bonchev–Trinajstić information content (AvgIpc) is 3.42. The number of rotatable bonds is 8. The Bertz CT molecular complexity index is 1460. The van der Waals surface area contributed by atoms with Gasteiger partial charge >= 0.3 is 0 Å². The van der Waals surface area contributed by atoms with Crippen molar-refractivity contribution >= 4 is 33.3 Å². The van der Waals surface area contributed by atoms with Crippen LogP contribution in [0.3, 0.4) is 0 Å². The summed E-state index contributed by atoms with van der Waals surface area (Å²) in [5.74, 6) is 0.365. The van der Waals surface area contributed by atoms with E-state index in [0.717, 1.165) is 41.8 Å². The molecule has 1 aliphatic rings. The van der Waals surface area contributed by atoms with Crippen LogP contribution in [-0.4, -0.2) is 22.7 Å². The van der Waals surface area contributed by atoms with E-state index in [1.165, 1.54) is 11.3 Å². The molecule has 35 heavy (non-hydrogen) atoms. The van der Waals surface area contributed by atoms with Crippen molar-refractivity contribution in [3.63, 3.8) is 0 Å². The summed E-state index contributed by atoms with van der Waals surface area (Å²) >= 11 is 1.37. The van der Waals surface area contributed by atoms with E-state index in [9.17, 15) is 9.59 Å². The average molecular weight is 490 g/mol. The highest BCUT2D eigenvalue weighted by Crippen LogP contribution is 2.42. The molecule has 1 aliphatic heterocycles. The minimum absolute atomic E-state index is 0.0564. The molecule has 7 nitrogen and oxygen atoms in total. The van der Waals surface area contributed by atoms with Gasteiger partial charge in [-0.15, -0.1) is 10.2 Å². The first kappa shape index (κ1) is 23.2. The molecular weight excluding hydrogens is 462 g/mol. The van der Waals surface area contributed by atoms with Crippen molar-refractivity contribution in [3.05, 3.63) is 80.1 Å². The predicted octanol–water partition coefficient (Wildman–Crippen LogP) is 5.83. The minimum Gasteiger partial charge on any atom is -0.494 e. The Hall–Kier alpha value is -3.52. The van der Waals surface area contributed by atoms with Crippen LogP contribution in [-0.2, 0) is 6.42 Å². The van der Waals surface area contributed by atoms with Crippen LogP contribution in [0.2, 0.25) is 0 Å². The summed E-state index contributed by atoms with van der Waals surface area (Å²) in [5, 5.41) is 10.4. The Kier molecular flexibility index (Phi) is 6.38. The van der Waals surface area contributed by atoms with Crippen LogP contribution in [0.15, 0.2) is 51.7 Å². The number of benzene rings is 2. The van der Waals surface area contributed by atoms with E-state index in [2.05, 4.69) is 24.0 Å².